The first-order valence-electron chi connectivity index (χ1n) is 6.32. The summed E-state index contributed by atoms with van der Waals surface area (Å²) in [5.41, 5.74) is 0.729. The van der Waals surface area contributed by atoms with Gasteiger partial charge in [-0.15, -0.1) is 0 Å². The first kappa shape index (κ1) is 13.0. The van der Waals surface area contributed by atoms with E-state index in [1.807, 2.05) is 6.07 Å². The fourth-order valence-corrected chi connectivity index (χ4v) is 2.03. The van der Waals surface area contributed by atoms with Gasteiger partial charge in [-0.1, -0.05) is 0 Å². The summed E-state index contributed by atoms with van der Waals surface area (Å²) in [7, 11) is 1.65. The van der Waals surface area contributed by atoms with Crippen LogP contribution in [0.4, 0.5) is 5.82 Å². The van der Waals surface area contributed by atoms with Crippen LogP contribution in [-0.4, -0.2) is 28.9 Å². The highest BCUT2D eigenvalue weighted by Crippen LogP contribution is 2.31. The lowest BCUT2D eigenvalue weighted by molar-refractivity contribution is 0.102. The normalized spacial score (nSPS) is 12.6. The number of nitrogens with zero attached hydrogens (tertiary/aromatic N) is 3. The van der Waals surface area contributed by atoms with Crippen LogP contribution in [0.5, 0.6) is 11.5 Å². The molecule has 2 aromatic rings. The SMILES string of the molecule is Cn1ncc(C#N)c1NC(=O)c1ccc2c(c1)OCCO2. The second kappa shape index (κ2) is 5.17. The Bertz CT molecular complexity index is 745. The zero-order chi connectivity index (χ0) is 14.8. The predicted molar refractivity (Wildman–Crippen MR) is 73.3 cm³/mol. The fourth-order valence-electron chi connectivity index (χ4n) is 2.03. The summed E-state index contributed by atoms with van der Waals surface area (Å²) in [6.45, 7) is 0.956. The van der Waals surface area contributed by atoms with Crippen LogP contribution < -0.4 is 14.8 Å². The van der Waals surface area contributed by atoms with Gasteiger partial charge in [0.1, 0.15) is 30.7 Å². The van der Waals surface area contributed by atoms with E-state index in [1.54, 1.807) is 25.2 Å². The number of hydrogen-bond acceptors (Lipinski definition) is 5. The minimum Gasteiger partial charge on any atom is -0.486 e. The number of fused-ring (bicyclic) bond motifs is 1. The van der Waals surface area contributed by atoms with E-state index >= 15 is 0 Å². The van der Waals surface area contributed by atoms with Crippen molar-refractivity contribution in [2.75, 3.05) is 18.5 Å². The summed E-state index contributed by atoms with van der Waals surface area (Å²) in [5.74, 6) is 1.18. The molecule has 2 heterocycles. The third kappa shape index (κ3) is 2.39. The monoisotopic (exact) mass is 284 g/mol. The highest BCUT2D eigenvalue weighted by molar-refractivity contribution is 6.04. The number of rotatable bonds is 2. The molecular weight excluding hydrogens is 272 g/mol. The van der Waals surface area contributed by atoms with Crippen molar-refractivity contribution in [3.8, 4) is 17.6 Å². The van der Waals surface area contributed by atoms with Crippen LogP contribution in [0.2, 0.25) is 0 Å². The van der Waals surface area contributed by atoms with E-state index < -0.39 is 0 Å². The minimum absolute atomic E-state index is 0.309. The summed E-state index contributed by atoms with van der Waals surface area (Å²) in [6.07, 6.45) is 1.40. The summed E-state index contributed by atoms with van der Waals surface area (Å²) in [5, 5.41) is 15.6. The fraction of sp³-hybridized carbons (Fsp3) is 0.214. The molecule has 1 aliphatic rings. The number of carbonyl (C=O) groups excluding carboxylic acids is 1. The number of anilines is 1. The van der Waals surface area contributed by atoms with Gasteiger partial charge in [0, 0.05) is 12.6 Å². The molecular formula is C14H12N4O3. The summed E-state index contributed by atoms with van der Waals surface area (Å²) in [6, 6.07) is 6.93. The van der Waals surface area contributed by atoms with Crippen LogP contribution in [0.15, 0.2) is 24.4 Å². The smallest absolute Gasteiger partial charge is 0.256 e. The number of aryl methyl sites for hydroxylation is 1. The van der Waals surface area contributed by atoms with E-state index in [9.17, 15) is 4.79 Å². The molecule has 0 fully saturated rings. The number of carbonyl (C=O) groups is 1. The van der Waals surface area contributed by atoms with Crippen LogP contribution >= 0.6 is 0 Å². The van der Waals surface area contributed by atoms with E-state index in [1.165, 1.54) is 10.9 Å². The number of benzene rings is 1. The number of aromatic nitrogens is 2. The maximum Gasteiger partial charge on any atom is 0.256 e. The van der Waals surface area contributed by atoms with Crippen molar-refractivity contribution in [3.05, 3.63) is 35.5 Å². The zero-order valence-corrected chi connectivity index (χ0v) is 11.3. The Kier molecular flexibility index (Phi) is 3.20. The van der Waals surface area contributed by atoms with Gasteiger partial charge in [-0.2, -0.15) is 10.4 Å². The van der Waals surface area contributed by atoms with Crippen LogP contribution in [0.3, 0.4) is 0 Å². The lowest BCUT2D eigenvalue weighted by atomic mass is 10.2. The number of nitrogens with one attached hydrogen (secondary N) is 1. The molecule has 0 saturated heterocycles. The van der Waals surface area contributed by atoms with E-state index in [0.717, 1.165) is 0 Å². The van der Waals surface area contributed by atoms with Crippen LogP contribution in [0, 0.1) is 11.3 Å². The molecule has 1 aromatic carbocycles. The maximum absolute atomic E-state index is 12.3. The Labute approximate surface area is 120 Å². The molecule has 0 spiro atoms. The van der Waals surface area contributed by atoms with Crippen LogP contribution in [0.25, 0.3) is 0 Å². The molecule has 1 aromatic heterocycles. The van der Waals surface area contributed by atoms with E-state index in [4.69, 9.17) is 14.7 Å². The van der Waals surface area contributed by atoms with Gasteiger partial charge in [-0.05, 0) is 18.2 Å². The molecule has 1 amide bonds. The van der Waals surface area contributed by atoms with Crippen molar-refractivity contribution in [1.82, 2.24) is 9.78 Å². The van der Waals surface area contributed by atoms with Crippen molar-refractivity contribution >= 4 is 11.7 Å². The first-order chi connectivity index (χ1) is 10.2. The molecule has 0 radical (unpaired) electrons. The second-order valence-corrected chi connectivity index (χ2v) is 4.45. The van der Waals surface area contributed by atoms with Gasteiger partial charge in [0.05, 0.1) is 6.20 Å². The quantitative estimate of drug-likeness (QED) is 0.898. The van der Waals surface area contributed by atoms with Crippen LogP contribution in [-0.2, 0) is 7.05 Å². The largest absolute Gasteiger partial charge is 0.486 e. The van der Waals surface area contributed by atoms with E-state index in [-0.39, 0.29) is 5.91 Å². The number of ether oxygens (including phenoxy) is 2. The van der Waals surface area contributed by atoms with Crippen molar-refractivity contribution in [2.45, 2.75) is 0 Å². The average Bonchev–Trinajstić information content (AvgIpc) is 2.87. The molecule has 3 rings (SSSR count). The Morgan fingerprint density at radius 3 is 2.90 bits per heavy atom. The number of amides is 1. The van der Waals surface area contributed by atoms with Gasteiger partial charge in [-0.3, -0.25) is 9.48 Å². The highest BCUT2D eigenvalue weighted by Gasteiger charge is 2.17. The lowest BCUT2D eigenvalue weighted by Crippen LogP contribution is -2.18. The van der Waals surface area contributed by atoms with Crippen molar-refractivity contribution in [1.29, 1.82) is 5.26 Å². The molecule has 0 aliphatic carbocycles. The standard InChI is InChI=1S/C14H12N4O3/c1-18-13(10(7-15)8-16-18)17-14(19)9-2-3-11-12(6-9)21-5-4-20-11/h2-3,6,8H,4-5H2,1H3,(H,17,19). The van der Waals surface area contributed by atoms with Gasteiger partial charge >= 0.3 is 0 Å². The summed E-state index contributed by atoms with van der Waals surface area (Å²) < 4.78 is 12.3. The Morgan fingerprint density at radius 1 is 1.38 bits per heavy atom. The molecule has 7 heteroatoms. The van der Waals surface area contributed by atoms with Gasteiger partial charge < -0.3 is 14.8 Å². The second-order valence-electron chi connectivity index (χ2n) is 4.45. The molecule has 0 bridgehead atoms. The maximum atomic E-state index is 12.3. The van der Waals surface area contributed by atoms with Crippen LogP contribution in [0.1, 0.15) is 15.9 Å². The van der Waals surface area contributed by atoms with Gasteiger partial charge in [0.15, 0.2) is 11.5 Å². The highest BCUT2D eigenvalue weighted by atomic mass is 16.6. The predicted octanol–water partition coefficient (Wildman–Crippen LogP) is 1.32. The average molecular weight is 284 g/mol. The lowest BCUT2D eigenvalue weighted by Gasteiger charge is -2.18. The topological polar surface area (TPSA) is 89.2 Å². The molecule has 0 atom stereocenters. The summed E-state index contributed by atoms with van der Waals surface area (Å²) in [4.78, 5) is 12.3. The van der Waals surface area contributed by atoms with E-state index in [0.29, 0.717) is 41.7 Å². The number of hydrogen-bond donors (Lipinski definition) is 1. The number of nitriles is 1. The molecule has 21 heavy (non-hydrogen) atoms. The van der Waals surface area contributed by atoms with Crippen molar-refractivity contribution < 1.29 is 14.3 Å². The summed E-state index contributed by atoms with van der Waals surface area (Å²) >= 11 is 0. The van der Waals surface area contributed by atoms with Crippen molar-refractivity contribution in [2.24, 2.45) is 7.05 Å². The molecule has 1 aliphatic heterocycles. The first-order valence-corrected chi connectivity index (χ1v) is 6.32. The molecule has 7 nitrogen and oxygen atoms in total. The van der Waals surface area contributed by atoms with Gasteiger partial charge in [-0.25, -0.2) is 0 Å². The van der Waals surface area contributed by atoms with Gasteiger partial charge in [0.25, 0.3) is 5.91 Å². The molecule has 0 saturated carbocycles. The van der Waals surface area contributed by atoms with E-state index in [2.05, 4.69) is 10.4 Å². The molecule has 0 unspecified atom stereocenters. The minimum atomic E-state index is -0.341. The van der Waals surface area contributed by atoms with Gasteiger partial charge in [0.2, 0.25) is 0 Å². The third-order valence-electron chi connectivity index (χ3n) is 3.10. The zero-order valence-electron chi connectivity index (χ0n) is 11.3. The Hall–Kier alpha value is -3.01. The van der Waals surface area contributed by atoms with Crippen molar-refractivity contribution in [3.63, 3.8) is 0 Å². The Balaban J connectivity index is 1.86. The Morgan fingerprint density at radius 2 is 2.14 bits per heavy atom. The molecule has 1 N–H and O–H groups in total. The third-order valence-corrected chi connectivity index (χ3v) is 3.10. The molecule has 106 valence electrons.